The van der Waals surface area contributed by atoms with E-state index in [1.54, 1.807) is 26.2 Å². The molecule has 110 valence electrons. The van der Waals surface area contributed by atoms with E-state index in [1.165, 1.54) is 13.2 Å². The highest BCUT2D eigenvalue weighted by atomic mass is 16.5. The minimum Gasteiger partial charge on any atom is -0.497 e. The minimum atomic E-state index is -0.784. The molecule has 0 aliphatic carbocycles. The van der Waals surface area contributed by atoms with Crippen LogP contribution in [0.2, 0.25) is 0 Å². The second-order valence-electron chi connectivity index (χ2n) is 4.43. The van der Waals surface area contributed by atoms with E-state index in [1.807, 2.05) is 18.2 Å². The Kier molecular flexibility index (Phi) is 4.37. The first kappa shape index (κ1) is 14.8. The Labute approximate surface area is 121 Å². The van der Waals surface area contributed by atoms with E-state index in [0.29, 0.717) is 11.4 Å². The molecule has 1 heterocycles. The van der Waals surface area contributed by atoms with Crippen LogP contribution < -0.4 is 10.3 Å². The Balaban J connectivity index is 2.47. The van der Waals surface area contributed by atoms with E-state index < -0.39 is 12.0 Å². The van der Waals surface area contributed by atoms with Crippen LogP contribution in [0.4, 0.5) is 0 Å². The molecule has 21 heavy (non-hydrogen) atoms. The predicted molar refractivity (Wildman–Crippen MR) is 77.2 cm³/mol. The molecule has 0 saturated heterocycles. The van der Waals surface area contributed by atoms with Crippen LogP contribution in [0.5, 0.6) is 5.75 Å². The summed E-state index contributed by atoms with van der Waals surface area (Å²) in [6, 6.07) is 9.50. The molecule has 0 amide bonds. The van der Waals surface area contributed by atoms with Crippen molar-refractivity contribution < 1.29 is 14.3 Å². The Bertz CT molecular complexity index is 709. The highest BCUT2D eigenvalue weighted by Crippen LogP contribution is 2.21. The molecule has 0 saturated carbocycles. The highest BCUT2D eigenvalue weighted by Gasteiger charge is 2.18. The molecule has 0 radical (unpaired) electrons. The summed E-state index contributed by atoms with van der Waals surface area (Å²) >= 11 is 0. The number of esters is 1. The summed E-state index contributed by atoms with van der Waals surface area (Å²) in [4.78, 5) is 23.4. The van der Waals surface area contributed by atoms with Crippen molar-refractivity contribution in [3.63, 3.8) is 0 Å². The van der Waals surface area contributed by atoms with Crippen LogP contribution in [0.15, 0.2) is 41.2 Å². The van der Waals surface area contributed by atoms with Crippen molar-refractivity contribution in [2.45, 2.75) is 13.0 Å². The van der Waals surface area contributed by atoms with Gasteiger partial charge in [-0.15, -0.1) is 0 Å². The number of hydrogen-bond acceptors (Lipinski definition) is 5. The zero-order valence-corrected chi connectivity index (χ0v) is 12.1. The molecular weight excluding hydrogens is 272 g/mol. The van der Waals surface area contributed by atoms with Gasteiger partial charge in [-0.3, -0.25) is 4.79 Å². The SMILES string of the molecule is COC(=O)C(C)n1nc(-c2cccc(OC)c2)ccc1=O. The van der Waals surface area contributed by atoms with Crippen LogP contribution in [0.25, 0.3) is 11.3 Å². The number of hydrogen-bond donors (Lipinski definition) is 0. The third kappa shape index (κ3) is 3.10. The van der Waals surface area contributed by atoms with Crippen molar-refractivity contribution in [3.05, 3.63) is 46.8 Å². The normalized spacial score (nSPS) is 11.8. The van der Waals surface area contributed by atoms with Gasteiger partial charge in [-0.2, -0.15) is 5.10 Å². The smallest absolute Gasteiger partial charge is 0.330 e. The summed E-state index contributed by atoms with van der Waals surface area (Å²) in [6.45, 7) is 1.57. The Hall–Kier alpha value is -2.63. The van der Waals surface area contributed by atoms with Gasteiger partial charge < -0.3 is 9.47 Å². The predicted octanol–water partition coefficient (Wildman–Crippen LogP) is 1.65. The number of nitrogens with zero attached hydrogens (tertiary/aromatic N) is 2. The average Bonchev–Trinajstić information content (AvgIpc) is 2.54. The van der Waals surface area contributed by atoms with Crippen molar-refractivity contribution in [1.82, 2.24) is 9.78 Å². The lowest BCUT2D eigenvalue weighted by molar-refractivity contribution is -0.144. The fraction of sp³-hybridized carbons (Fsp3) is 0.267. The average molecular weight is 288 g/mol. The van der Waals surface area contributed by atoms with Crippen LogP contribution in [-0.2, 0) is 9.53 Å². The van der Waals surface area contributed by atoms with Crippen LogP contribution >= 0.6 is 0 Å². The van der Waals surface area contributed by atoms with Gasteiger partial charge in [-0.1, -0.05) is 12.1 Å². The van der Waals surface area contributed by atoms with E-state index in [-0.39, 0.29) is 5.56 Å². The fourth-order valence-electron chi connectivity index (χ4n) is 1.91. The first-order valence-corrected chi connectivity index (χ1v) is 6.39. The summed E-state index contributed by atoms with van der Waals surface area (Å²) in [5.74, 6) is 0.167. The molecule has 1 unspecified atom stereocenters. The van der Waals surface area contributed by atoms with E-state index >= 15 is 0 Å². The highest BCUT2D eigenvalue weighted by molar-refractivity contribution is 5.73. The monoisotopic (exact) mass is 288 g/mol. The molecule has 0 spiro atoms. The maximum Gasteiger partial charge on any atom is 0.330 e. The molecule has 2 aromatic rings. The largest absolute Gasteiger partial charge is 0.497 e. The van der Waals surface area contributed by atoms with Gasteiger partial charge in [0.05, 0.1) is 19.9 Å². The molecule has 1 atom stereocenters. The van der Waals surface area contributed by atoms with Crippen LogP contribution in [0.3, 0.4) is 0 Å². The maximum atomic E-state index is 11.9. The maximum absolute atomic E-state index is 11.9. The van der Waals surface area contributed by atoms with Crippen LogP contribution in [-0.4, -0.2) is 30.0 Å². The Morgan fingerprint density at radius 2 is 2.00 bits per heavy atom. The number of benzene rings is 1. The zero-order valence-electron chi connectivity index (χ0n) is 12.1. The summed E-state index contributed by atoms with van der Waals surface area (Å²) in [7, 11) is 2.85. The first-order chi connectivity index (χ1) is 10.1. The first-order valence-electron chi connectivity index (χ1n) is 6.39. The van der Waals surface area contributed by atoms with Gasteiger partial charge in [0.15, 0.2) is 6.04 Å². The van der Waals surface area contributed by atoms with Gasteiger partial charge in [0.25, 0.3) is 5.56 Å². The van der Waals surface area contributed by atoms with Crippen LogP contribution in [0, 0.1) is 0 Å². The lowest BCUT2D eigenvalue weighted by Crippen LogP contribution is -2.30. The molecule has 2 rings (SSSR count). The Morgan fingerprint density at radius 1 is 1.24 bits per heavy atom. The second kappa shape index (κ2) is 6.21. The summed E-state index contributed by atoms with van der Waals surface area (Å²) < 4.78 is 10.9. The lowest BCUT2D eigenvalue weighted by atomic mass is 10.1. The van der Waals surface area contributed by atoms with Gasteiger partial charge in [0.1, 0.15) is 5.75 Å². The van der Waals surface area contributed by atoms with E-state index in [4.69, 9.17) is 4.74 Å². The van der Waals surface area contributed by atoms with Crippen molar-refractivity contribution >= 4 is 5.97 Å². The number of carbonyl (C=O) groups is 1. The molecule has 1 aromatic heterocycles. The minimum absolute atomic E-state index is 0.362. The quantitative estimate of drug-likeness (QED) is 0.800. The van der Waals surface area contributed by atoms with Crippen molar-refractivity contribution in [3.8, 4) is 17.0 Å². The Morgan fingerprint density at radius 3 is 2.67 bits per heavy atom. The van der Waals surface area contributed by atoms with Gasteiger partial charge in [0.2, 0.25) is 0 Å². The van der Waals surface area contributed by atoms with Crippen molar-refractivity contribution in [2.24, 2.45) is 0 Å². The van der Waals surface area contributed by atoms with Gasteiger partial charge in [0, 0.05) is 11.6 Å². The topological polar surface area (TPSA) is 70.4 Å². The van der Waals surface area contributed by atoms with Gasteiger partial charge in [-0.25, -0.2) is 9.48 Å². The molecular formula is C15H16N2O4. The molecule has 0 aliphatic heterocycles. The lowest BCUT2D eigenvalue weighted by Gasteiger charge is -2.12. The van der Waals surface area contributed by atoms with E-state index in [2.05, 4.69) is 9.84 Å². The summed E-state index contributed by atoms with van der Waals surface area (Å²) in [6.07, 6.45) is 0. The number of aromatic nitrogens is 2. The fourth-order valence-corrected chi connectivity index (χ4v) is 1.91. The second-order valence-corrected chi connectivity index (χ2v) is 4.43. The molecule has 1 aromatic carbocycles. The third-order valence-corrected chi connectivity index (χ3v) is 3.10. The van der Waals surface area contributed by atoms with Crippen LogP contribution in [0.1, 0.15) is 13.0 Å². The third-order valence-electron chi connectivity index (χ3n) is 3.10. The van der Waals surface area contributed by atoms with Gasteiger partial charge in [-0.05, 0) is 25.1 Å². The van der Waals surface area contributed by atoms with Crippen molar-refractivity contribution in [2.75, 3.05) is 14.2 Å². The molecule has 6 nitrogen and oxygen atoms in total. The number of ether oxygens (including phenoxy) is 2. The van der Waals surface area contributed by atoms with E-state index in [9.17, 15) is 9.59 Å². The van der Waals surface area contributed by atoms with Gasteiger partial charge >= 0.3 is 5.97 Å². The molecule has 6 heteroatoms. The van der Waals surface area contributed by atoms with E-state index in [0.717, 1.165) is 10.2 Å². The van der Waals surface area contributed by atoms with Crippen molar-refractivity contribution in [1.29, 1.82) is 0 Å². The summed E-state index contributed by atoms with van der Waals surface area (Å²) in [5, 5.41) is 4.23. The zero-order chi connectivity index (χ0) is 15.4. The molecule has 0 N–H and O–H groups in total. The molecule has 0 fully saturated rings. The molecule has 0 aliphatic rings. The number of rotatable bonds is 4. The molecule has 0 bridgehead atoms. The summed E-state index contributed by atoms with van der Waals surface area (Å²) in [5.41, 5.74) is 1.00. The number of methoxy groups -OCH3 is 2. The number of carbonyl (C=O) groups excluding carboxylic acids is 1. The standard InChI is InChI=1S/C15H16N2O4/c1-10(15(19)21-3)17-14(18)8-7-13(16-17)11-5-4-6-12(9-11)20-2/h4-10H,1-3H3.